The summed E-state index contributed by atoms with van der Waals surface area (Å²) < 4.78 is 17.2. The van der Waals surface area contributed by atoms with Gasteiger partial charge in [-0.3, -0.25) is 14.6 Å². The summed E-state index contributed by atoms with van der Waals surface area (Å²) >= 11 is 0. The summed E-state index contributed by atoms with van der Waals surface area (Å²) in [5.41, 5.74) is 1.14. The van der Waals surface area contributed by atoms with Gasteiger partial charge in [-0.25, -0.2) is 0 Å². The maximum absolute atomic E-state index is 13.7. The van der Waals surface area contributed by atoms with Crippen molar-refractivity contribution < 1.29 is 19.0 Å². The van der Waals surface area contributed by atoms with Gasteiger partial charge in [0.1, 0.15) is 11.2 Å². The molecule has 1 saturated carbocycles. The van der Waals surface area contributed by atoms with E-state index in [0.717, 1.165) is 43.1 Å². The Labute approximate surface area is 215 Å². The molecule has 1 saturated heterocycles. The fourth-order valence-corrected chi connectivity index (χ4v) is 4.71. The van der Waals surface area contributed by atoms with Crippen molar-refractivity contribution in [1.29, 1.82) is 0 Å². The number of piperazine rings is 1. The Morgan fingerprint density at radius 3 is 2.00 bits per heavy atom. The highest BCUT2D eigenvalue weighted by atomic mass is 35.5. The fourth-order valence-electron chi connectivity index (χ4n) is 4.71. The third-order valence-corrected chi connectivity index (χ3v) is 6.86. The van der Waals surface area contributed by atoms with Gasteiger partial charge in [-0.05, 0) is 38.0 Å². The van der Waals surface area contributed by atoms with Crippen molar-refractivity contribution in [2.24, 2.45) is 0 Å². The summed E-state index contributed by atoms with van der Waals surface area (Å²) in [6, 6.07) is 18.2. The van der Waals surface area contributed by atoms with Gasteiger partial charge >= 0.3 is 5.97 Å². The molecule has 4 rings (SSSR count). The lowest BCUT2D eigenvalue weighted by molar-refractivity contribution is -0.167. The van der Waals surface area contributed by atoms with Crippen molar-refractivity contribution >= 4 is 30.8 Å². The molecule has 2 aliphatic rings. The second kappa shape index (κ2) is 12.2. The molecule has 188 valence electrons. The molecule has 0 amide bonds. The van der Waals surface area contributed by atoms with Gasteiger partial charge in [0.05, 0.1) is 13.2 Å². The zero-order chi connectivity index (χ0) is 22.7. The first kappa shape index (κ1) is 28.4. The maximum atomic E-state index is 13.7. The van der Waals surface area contributed by atoms with E-state index in [-0.39, 0.29) is 36.9 Å². The van der Waals surface area contributed by atoms with E-state index in [1.807, 2.05) is 54.6 Å². The van der Waals surface area contributed by atoms with Crippen LogP contribution in [0.2, 0.25) is 0 Å². The Kier molecular flexibility index (Phi) is 10.2. The lowest BCUT2D eigenvalue weighted by Gasteiger charge is -2.40. The molecular weight excluding hydrogens is 475 g/mol. The van der Waals surface area contributed by atoms with Gasteiger partial charge in [0, 0.05) is 44.9 Å². The van der Waals surface area contributed by atoms with E-state index < -0.39 is 11.6 Å². The Morgan fingerprint density at radius 1 is 0.912 bits per heavy atom. The summed E-state index contributed by atoms with van der Waals surface area (Å²) in [5, 5.41) is 0. The second-order valence-electron chi connectivity index (χ2n) is 8.96. The SMILES string of the molecule is COc1ccc(C2(C(=O)OC(c3ccccc3)N3CCN(C(C)C)CC3)CC2OC)cc1.Cl.Cl. The van der Waals surface area contributed by atoms with E-state index in [0.29, 0.717) is 12.5 Å². The van der Waals surface area contributed by atoms with Crippen LogP contribution >= 0.6 is 24.8 Å². The van der Waals surface area contributed by atoms with Crippen molar-refractivity contribution in [3.63, 3.8) is 0 Å². The summed E-state index contributed by atoms with van der Waals surface area (Å²) in [7, 11) is 3.29. The van der Waals surface area contributed by atoms with Gasteiger partial charge in [0.15, 0.2) is 6.23 Å². The normalized spacial score (nSPS) is 23.4. The summed E-state index contributed by atoms with van der Waals surface area (Å²) in [6.45, 7) is 8.08. The first-order valence-electron chi connectivity index (χ1n) is 11.4. The van der Waals surface area contributed by atoms with Gasteiger partial charge in [0.2, 0.25) is 0 Å². The maximum Gasteiger partial charge on any atom is 0.321 e. The van der Waals surface area contributed by atoms with Crippen molar-refractivity contribution in [1.82, 2.24) is 9.80 Å². The Morgan fingerprint density at radius 2 is 1.50 bits per heavy atom. The highest BCUT2D eigenvalue weighted by Crippen LogP contribution is 2.52. The van der Waals surface area contributed by atoms with Crippen molar-refractivity contribution in [2.45, 2.75) is 44.1 Å². The predicted octanol–water partition coefficient (Wildman–Crippen LogP) is 4.46. The van der Waals surface area contributed by atoms with Crippen LogP contribution < -0.4 is 4.74 Å². The third kappa shape index (κ3) is 5.69. The average Bonchev–Trinajstić information content (AvgIpc) is 3.59. The third-order valence-electron chi connectivity index (χ3n) is 6.86. The zero-order valence-corrected chi connectivity index (χ0v) is 21.9. The van der Waals surface area contributed by atoms with E-state index in [4.69, 9.17) is 14.2 Å². The topological polar surface area (TPSA) is 51.2 Å². The van der Waals surface area contributed by atoms with Crippen molar-refractivity contribution in [3.05, 3.63) is 65.7 Å². The van der Waals surface area contributed by atoms with Gasteiger partial charge in [-0.15, -0.1) is 24.8 Å². The number of halogens is 2. The van der Waals surface area contributed by atoms with Crippen LogP contribution in [0, 0.1) is 0 Å². The molecule has 1 aliphatic carbocycles. The monoisotopic (exact) mass is 510 g/mol. The number of esters is 1. The van der Waals surface area contributed by atoms with E-state index >= 15 is 0 Å². The van der Waals surface area contributed by atoms with Crippen LogP contribution in [-0.4, -0.2) is 68.3 Å². The van der Waals surface area contributed by atoms with E-state index in [1.54, 1.807) is 14.2 Å². The van der Waals surface area contributed by atoms with Gasteiger partial charge in [-0.1, -0.05) is 42.5 Å². The molecule has 0 N–H and O–H groups in total. The van der Waals surface area contributed by atoms with Crippen LogP contribution in [0.4, 0.5) is 0 Å². The number of carbonyl (C=O) groups is 1. The number of benzene rings is 2. The molecule has 2 fully saturated rings. The van der Waals surface area contributed by atoms with Crippen LogP contribution in [0.5, 0.6) is 5.75 Å². The quantitative estimate of drug-likeness (QED) is 0.488. The van der Waals surface area contributed by atoms with E-state index in [1.165, 1.54) is 0 Å². The molecule has 34 heavy (non-hydrogen) atoms. The number of methoxy groups -OCH3 is 2. The number of nitrogens with zero attached hydrogens (tertiary/aromatic N) is 2. The summed E-state index contributed by atoms with van der Waals surface area (Å²) in [5.74, 6) is 0.534. The Hall–Kier alpha value is -1.83. The van der Waals surface area contributed by atoms with Crippen LogP contribution in [0.3, 0.4) is 0 Å². The minimum absolute atomic E-state index is 0. The summed E-state index contributed by atoms with van der Waals surface area (Å²) in [6.07, 6.45) is 0.0287. The fraction of sp³-hybridized carbons (Fsp3) is 0.500. The lowest BCUT2D eigenvalue weighted by Crippen LogP contribution is -2.50. The van der Waals surface area contributed by atoms with E-state index in [2.05, 4.69) is 23.6 Å². The second-order valence-corrected chi connectivity index (χ2v) is 8.96. The average molecular weight is 511 g/mol. The molecule has 0 aromatic heterocycles. The number of rotatable bonds is 8. The van der Waals surface area contributed by atoms with Crippen LogP contribution in [-0.2, 0) is 19.7 Å². The number of ether oxygens (including phenoxy) is 3. The number of hydrogen-bond acceptors (Lipinski definition) is 6. The highest BCUT2D eigenvalue weighted by Gasteiger charge is 2.64. The molecule has 8 heteroatoms. The summed E-state index contributed by atoms with van der Waals surface area (Å²) in [4.78, 5) is 18.4. The van der Waals surface area contributed by atoms with Gasteiger partial charge in [0.25, 0.3) is 0 Å². The van der Waals surface area contributed by atoms with Crippen LogP contribution in [0.1, 0.15) is 37.6 Å². The predicted molar refractivity (Wildman–Crippen MR) is 138 cm³/mol. The zero-order valence-electron chi connectivity index (χ0n) is 20.3. The molecule has 6 nitrogen and oxygen atoms in total. The lowest BCUT2D eigenvalue weighted by atomic mass is 9.95. The number of hydrogen-bond donors (Lipinski definition) is 0. The molecule has 3 unspecified atom stereocenters. The molecule has 1 aliphatic heterocycles. The van der Waals surface area contributed by atoms with Crippen LogP contribution in [0.25, 0.3) is 0 Å². The van der Waals surface area contributed by atoms with Gasteiger partial charge < -0.3 is 14.2 Å². The molecular formula is C26H36Cl2N2O4. The Balaban J connectivity index is 0.00000204. The molecule has 1 heterocycles. The molecule has 0 spiro atoms. The molecule has 3 atom stereocenters. The minimum Gasteiger partial charge on any atom is -0.497 e. The standard InChI is InChI=1S/C26H34N2O4.2ClH/c1-19(2)27-14-16-28(17-15-27)24(20-8-6-5-7-9-20)32-25(29)26(18-23(26)31-4)21-10-12-22(30-3)13-11-21;;/h5-13,19,23-24H,14-18H2,1-4H3;2*1H. The number of carbonyl (C=O) groups excluding carboxylic acids is 1. The van der Waals surface area contributed by atoms with Crippen LogP contribution in [0.15, 0.2) is 54.6 Å². The molecule has 2 aromatic carbocycles. The molecule has 0 radical (unpaired) electrons. The van der Waals surface area contributed by atoms with Gasteiger partial charge in [-0.2, -0.15) is 0 Å². The van der Waals surface area contributed by atoms with Crippen molar-refractivity contribution in [2.75, 3.05) is 40.4 Å². The Bertz CT molecular complexity index is 905. The minimum atomic E-state index is -0.770. The largest absolute Gasteiger partial charge is 0.497 e. The first-order chi connectivity index (χ1) is 15.5. The smallest absolute Gasteiger partial charge is 0.321 e. The molecule has 2 aromatic rings. The van der Waals surface area contributed by atoms with E-state index in [9.17, 15) is 4.79 Å². The van der Waals surface area contributed by atoms with Crippen molar-refractivity contribution in [3.8, 4) is 5.75 Å². The molecule has 0 bridgehead atoms. The first-order valence-corrected chi connectivity index (χ1v) is 11.4. The highest BCUT2D eigenvalue weighted by molar-refractivity contribution is 5.88.